The van der Waals surface area contributed by atoms with E-state index in [0.717, 1.165) is 11.3 Å². The number of anilines is 1. The maximum Gasteiger partial charge on any atom is 0.348 e. The number of nitrogens with one attached hydrogen (secondary N) is 1. The molecule has 0 aliphatic heterocycles. The van der Waals surface area contributed by atoms with Crippen molar-refractivity contribution in [3.63, 3.8) is 0 Å². The number of carboxylic acids is 1. The molecule has 0 spiro atoms. The summed E-state index contributed by atoms with van der Waals surface area (Å²) in [5.74, 6) is -1.04. The Morgan fingerprint density at radius 3 is 2.68 bits per heavy atom. The Bertz CT molecular complexity index is 709. The highest BCUT2D eigenvalue weighted by molar-refractivity contribution is 7.92. The van der Waals surface area contributed by atoms with Crippen LogP contribution in [0.3, 0.4) is 0 Å². The maximum atomic E-state index is 12.2. The summed E-state index contributed by atoms with van der Waals surface area (Å²) in [6.07, 6.45) is 0. The number of aromatic carboxylic acids is 1. The molecule has 0 bridgehead atoms. The fraction of sp³-hybridized carbons (Fsp3) is 0.200. The van der Waals surface area contributed by atoms with Gasteiger partial charge in [0, 0.05) is 0 Å². The minimum absolute atomic E-state index is 0.0255. The van der Waals surface area contributed by atoms with Gasteiger partial charge in [-0.05, 0) is 25.3 Å². The van der Waals surface area contributed by atoms with Crippen LogP contribution in [0, 0.1) is 13.8 Å². The van der Waals surface area contributed by atoms with Crippen molar-refractivity contribution in [3.05, 3.63) is 27.8 Å². The molecule has 19 heavy (non-hydrogen) atoms. The normalized spacial score (nSPS) is 11.5. The molecule has 0 aliphatic carbocycles. The Kier molecular flexibility index (Phi) is 3.33. The van der Waals surface area contributed by atoms with Gasteiger partial charge < -0.3 is 9.63 Å². The molecule has 102 valence electrons. The first-order chi connectivity index (χ1) is 8.83. The number of thiophene rings is 1. The Labute approximate surface area is 112 Å². The van der Waals surface area contributed by atoms with Crippen LogP contribution in [-0.4, -0.2) is 24.7 Å². The highest BCUT2D eigenvalue weighted by atomic mass is 32.2. The lowest BCUT2D eigenvalue weighted by molar-refractivity contribution is 0.0703. The molecule has 0 amide bonds. The van der Waals surface area contributed by atoms with Crippen LogP contribution in [0.5, 0.6) is 0 Å². The van der Waals surface area contributed by atoms with E-state index >= 15 is 0 Å². The highest BCUT2D eigenvalue weighted by Crippen LogP contribution is 2.27. The minimum atomic E-state index is -3.92. The number of hydrogen-bond acceptors (Lipinski definition) is 6. The Morgan fingerprint density at radius 1 is 1.47 bits per heavy atom. The van der Waals surface area contributed by atoms with Gasteiger partial charge in [0.05, 0.1) is 5.69 Å². The van der Waals surface area contributed by atoms with Crippen molar-refractivity contribution in [2.24, 2.45) is 0 Å². The fourth-order valence-electron chi connectivity index (χ4n) is 1.61. The van der Waals surface area contributed by atoms with Crippen LogP contribution in [0.25, 0.3) is 0 Å². The third kappa shape index (κ3) is 2.47. The quantitative estimate of drug-likeness (QED) is 0.892. The van der Waals surface area contributed by atoms with Crippen LogP contribution < -0.4 is 4.72 Å². The second-order valence-electron chi connectivity index (χ2n) is 3.73. The van der Waals surface area contributed by atoms with E-state index < -0.39 is 16.0 Å². The monoisotopic (exact) mass is 302 g/mol. The first-order valence-corrected chi connectivity index (χ1v) is 7.45. The van der Waals surface area contributed by atoms with Crippen molar-refractivity contribution in [1.29, 1.82) is 0 Å². The van der Waals surface area contributed by atoms with Crippen LogP contribution in [-0.2, 0) is 10.0 Å². The van der Waals surface area contributed by atoms with Crippen LogP contribution in [0.1, 0.15) is 21.1 Å². The number of sulfonamides is 1. The number of nitrogens with zero attached hydrogens (tertiary/aromatic N) is 1. The van der Waals surface area contributed by atoms with Gasteiger partial charge in [-0.15, -0.1) is 11.3 Å². The Morgan fingerprint density at radius 2 is 2.16 bits per heavy atom. The lowest BCUT2D eigenvalue weighted by Gasteiger charge is -2.06. The summed E-state index contributed by atoms with van der Waals surface area (Å²) in [6.45, 7) is 2.97. The zero-order valence-electron chi connectivity index (χ0n) is 10.00. The first kappa shape index (κ1) is 13.6. The summed E-state index contributed by atoms with van der Waals surface area (Å²) >= 11 is 0.938. The summed E-state index contributed by atoms with van der Waals surface area (Å²) in [5, 5.41) is 14.0. The lowest BCUT2D eigenvalue weighted by Crippen LogP contribution is -2.15. The number of carbonyl (C=O) groups is 1. The molecule has 0 fully saturated rings. The smallest absolute Gasteiger partial charge is 0.348 e. The third-order valence-electron chi connectivity index (χ3n) is 2.34. The van der Waals surface area contributed by atoms with E-state index in [1.165, 1.54) is 25.3 Å². The molecule has 0 unspecified atom stereocenters. The molecule has 2 aromatic heterocycles. The third-order valence-corrected chi connectivity index (χ3v) is 4.85. The fourth-order valence-corrected chi connectivity index (χ4v) is 3.76. The Balaban J connectivity index is 2.43. The standard InChI is InChI=1S/C10H10N2O5S2/c1-5-9(6(2)17-11-5)19(15,16)12-7-3-4-18-8(7)10(13)14/h3-4,12H,1-2H3,(H,13,14). The topological polar surface area (TPSA) is 110 Å². The number of aryl methyl sites for hydroxylation is 2. The Hall–Kier alpha value is -1.87. The van der Waals surface area contributed by atoms with Gasteiger partial charge in [0.1, 0.15) is 10.6 Å². The molecule has 7 nitrogen and oxygen atoms in total. The predicted octanol–water partition coefficient (Wildman–Crippen LogP) is 1.85. The van der Waals surface area contributed by atoms with Gasteiger partial charge in [0.2, 0.25) is 0 Å². The SMILES string of the molecule is Cc1noc(C)c1S(=O)(=O)Nc1ccsc1C(=O)O. The second-order valence-corrected chi connectivity index (χ2v) is 6.26. The van der Waals surface area contributed by atoms with E-state index in [1.54, 1.807) is 0 Å². The summed E-state index contributed by atoms with van der Waals surface area (Å²) in [5.41, 5.74) is 0.245. The zero-order valence-corrected chi connectivity index (χ0v) is 11.6. The molecule has 0 aliphatic rings. The van der Waals surface area contributed by atoms with Crippen LogP contribution in [0.15, 0.2) is 20.9 Å². The summed E-state index contributed by atoms with van der Waals surface area (Å²) in [7, 11) is -3.92. The zero-order chi connectivity index (χ0) is 14.2. The average molecular weight is 302 g/mol. The van der Waals surface area contributed by atoms with Crippen molar-refractivity contribution >= 4 is 33.0 Å². The van der Waals surface area contributed by atoms with Gasteiger partial charge in [-0.3, -0.25) is 4.72 Å². The van der Waals surface area contributed by atoms with Crippen LogP contribution in [0.2, 0.25) is 0 Å². The van der Waals surface area contributed by atoms with Crippen molar-refractivity contribution < 1.29 is 22.8 Å². The molecule has 0 radical (unpaired) electrons. The molecule has 9 heteroatoms. The number of carboxylic acid groups (broad SMARTS) is 1. The highest BCUT2D eigenvalue weighted by Gasteiger charge is 2.26. The molecular weight excluding hydrogens is 292 g/mol. The van der Waals surface area contributed by atoms with Gasteiger partial charge in [-0.2, -0.15) is 0 Å². The molecular formula is C10H10N2O5S2. The average Bonchev–Trinajstić information content (AvgIpc) is 2.85. The van der Waals surface area contributed by atoms with Crippen molar-refractivity contribution in [3.8, 4) is 0 Å². The molecule has 2 heterocycles. The largest absolute Gasteiger partial charge is 0.477 e. The van der Waals surface area contributed by atoms with Gasteiger partial charge in [-0.1, -0.05) is 5.16 Å². The van der Waals surface area contributed by atoms with Gasteiger partial charge >= 0.3 is 5.97 Å². The van der Waals surface area contributed by atoms with E-state index in [1.807, 2.05) is 0 Å². The number of aromatic nitrogens is 1. The van der Waals surface area contributed by atoms with Crippen LogP contribution >= 0.6 is 11.3 Å². The minimum Gasteiger partial charge on any atom is -0.477 e. The maximum absolute atomic E-state index is 12.2. The molecule has 0 saturated carbocycles. The van der Waals surface area contributed by atoms with Crippen LogP contribution in [0.4, 0.5) is 5.69 Å². The van der Waals surface area contributed by atoms with Gasteiger partial charge in [-0.25, -0.2) is 13.2 Å². The predicted molar refractivity (Wildman–Crippen MR) is 68.1 cm³/mol. The first-order valence-electron chi connectivity index (χ1n) is 5.09. The van der Waals surface area contributed by atoms with Crippen molar-refractivity contribution in [2.75, 3.05) is 4.72 Å². The van der Waals surface area contributed by atoms with E-state index in [2.05, 4.69) is 9.88 Å². The van der Waals surface area contributed by atoms with Gasteiger partial charge in [0.15, 0.2) is 10.7 Å². The van der Waals surface area contributed by atoms with Crippen molar-refractivity contribution in [2.45, 2.75) is 18.7 Å². The molecule has 2 N–H and O–H groups in total. The summed E-state index contributed by atoms with van der Waals surface area (Å²) < 4.78 is 31.4. The molecule has 0 saturated heterocycles. The number of hydrogen-bond donors (Lipinski definition) is 2. The lowest BCUT2D eigenvalue weighted by atomic mass is 10.4. The van der Waals surface area contributed by atoms with E-state index in [-0.39, 0.29) is 26.9 Å². The summed E-state index contributed by atoms with van der Waals surface area (Å²) in [6, 6.07) is 1.39. The number of rotatable bonds is 4. The molecule has 2 aromatic rings. The van der Waals surface area contributed by atoms with E-state index in [4.69, 9.17) is 9.63 Å². The van der Waals surface area contributed by atoms with E-state index in [9.17, 15) is 13.2 Å². The van der Waals surface area contributed by atoms with Crippen molar-refractivity contribution in [1.82, 2.24) is 5.16 Å². The van der Waals surface area contributed by atoms with Gasteiger partial charge in [0.25, 0.3) is 10.0 Å². The van der Waals surface area contributed by atoms with E-state index in [0.29, 0.717) is 0 Å². The molecule has 0 aromatic carbocycles. The second kappa shape index (κ2) is 4.67. The molecule has 2 rings (SSSR count). The molecule has 0 atom stereocenters. The summed E-state index contributed by atoms with van der Waals surface area (Å²) in [4.78, 5) is 10.8.